The minimum absolute atomic E-state index is 0.156. The first kappa shape index (κ1) is 30.9. The molecular formula is C23H25F6N3O6. The van der Waals surface area contributed by atoms with Gasteiger partial charge in [-0.2, -0.15) is 26.3 Å². The Morgan fingerprint density at radius 1 is 0.921 bits per heavy atom. The summed E-state index contributed by atoms with van der Waals surface area (Å²) >= 11 is 0. The molecule has 1 saturated carbocycles. The van der Waals surface area contributed by atoms with Gasteiger partial charge in [0.05, 0.1) is 36.8 Å². The summed E-state index contributed by atoms with van der Waals surface area (Å²) in [5.41, 5.74) is 2.10. The molecule has 38 heavy (non-hydrogen) atoms. The molecule has 3 heterocycles. The number of ether oxygens (including phenoxy) is 2. The van der Waals surface area contributed by atoms with Crippen LogP contribution in [0.3, 0.4) is 0 Å². The third-order valence-electron chi connectivity index (χ3n) is 5.40. The maximum absolute atomic E-state index is 10.6. The molecule has 15 heteroatoms. The number of nitrogens with zero attached hydrogens (tertiary/aromatic N) is 3. The number of carboxylic acid groups (broad SMARTS) is 2. The van der Waals surface area contributed by atoms with Gasteiger partial charge in [-0.15, -0.1) is 0 Å². The molecule has 1 aliphatic carbocycles. The molecule has 2 fully saturated rings. The van der Waals surface area contributed by atoms with E-state index in [2.05, 4.69) is 20.9 Å². The molecule has 0 amide bonds. The van der Waals surface area contributed by atoms with E-state index < -0.39 is 24.3 Å². The molecule has 1 aliphatic heterocycles. The summed E-state index contributed by atoms with van der Waals surface area (Å²) in [7, 11) is 0. The fraction of sp³-hybridized carbons (Fsp3) is 0.478. The molecule has 0 aromatic carbocycles. The lowest BCUT2D eigenvalue weighted by Crippen LogP contribution is -2.51. The molecule has 9 nitrogen and oxygen atoms in total. The number of fused-ring (bicyclic) bond motifs is 1. The van der Waals surface area contributed by atoms with Crippen LogP contribution < -0.4 is 0 Å². The van der Waals surface area contributed by atoms with Crippen LogP contribution in [0.25, 0.3) is 0 Å². The predicted octanol–water partition coefficient (Wildman–Crippen LogP) is 3.69. The maximum Gasteiger partial charge on any atom is 0.490 e. The number of alkyl halides is 6. The molecule has 2 aliphatic rings. The summed E-state index contributed by atoms with van der Waals surface area (Å²) in [6.07, 6.45) is -4.02. The summed E-state index contributed by atoms with van der Waals surface area (Å²) < 4.78 is 75.7. The van der Waals surface area contributed by atoms with Gasteiger partial charge in [-0.05, 0) is 37.1 Å². The Bertz CT molecular complexity index is 986. The number of aliphatic carboxylic acids is 2. The lowest BCUT2D eigenvalue weighted by Gasteiger charge is -2.38. The normalized spacial score (nSPS) is 21.3. The monoisotopic (exact) mass is 553 g/mol. The summed E-state index contributed by atoms with van der Waals surface area (Å²) in [6.45, 7) is 3.17. The van der Waals surface area contributed by atoms with Crippen molar-refractivity contribution in [3.63, 3.8) is 0 Å². The molecule has 0 bridgehead atoms. The van der Waals surface area contributed by atoms with Crippen LogP contribution in [-0.4, -0.2) is 80.8 Å². The van der Waals surface area contributed by atoms with Crippen molar-refractivity contribution in [2.45, 2.75) is 56.6 Å². The first-order valence-electron chi connectivity index (χ1n) is 11.2. The highest BCUT2D eigenvalue weighted by Crippen LogP contribution is 2.33. The third kappa shape index (κ3) is 10.2. The first-order valence-corrected chi connectivity index (χ1v) is 11.2. The van der Waals surface area contributed by atoms with Crippen molar-refractivity contribution in [3.8, 4) is 0 Å². The van der Waals surface area contributed by atoms with Gasteiger partial charge in [0.2, 0.25) is 0 Å². The maximum atomic E-state index is 10.6. The SMILES string of the molecule is O=C(O)C(F)(F)F.O=C(O)C(F)(F)F.c1ccc(CO[C@@H]2CC[C@H]3[C@H]2OCCN3Cc2ccccn2)nc1. The van der Waals surface area contributed by atoms with Crippen molar-refractivity contribution < 1.29 is 55.6 Å². The van der Waals surface area contributed by atoms with E-state index in [9.17, 15) is 26.3 Å². The molecule has 0 spiro atoms. The molecule has 0 radical (unpaired) electrons. The lowest BCUT2D eigenvalue weighted by atomic mass is 10.1. The quantitative estimate of drug-likeness (QED) is 0.534. The van der Waals surface area contributed by atoms with E-state index in [1.807, 2.05) is 42.7 Å². The molecule has 2 aromatic heterocycles. The minimum Gasteiger partial charge on any atom is -0.475 e. The molecule has 210 valence electrons. The van der Waals surface area contributed by atoms with Gasteiger partial charge in [0, 0.05) is 31.5 Å². The van der Waals surface area contributed by atoms with E-state index in [-0.39, 0.29) is 12.2 Å². The number of hydrogen-bond donors (Lipinski definition) is 2. The largest absolute Gasteiger partial charge is 0.490 e. The predicted molar refractivity (Wildman–Crippen MR) is 118 cm³/mol. The van der Waals surface area contributed by atoms with Crippen molar-refractivity contribution in [1.29, 1.82) is 0 Å². The minimum atomic E-state index is -5.08. The Hall–Kier alpha value is -3.30. The summed E-state index contributed by atoms with van der Waals surface area (Å²) in [5, 5.41) is 14.2. The van der Waals surface area contributed by atoms with E-state index in [1.165, 1.54) is 0 Å². The van der Waals surface area contributed by atoms with Crippen molar-refractivity contribution >= 4 is 11.9 Å². The molecule has 3 atom stereocenters. The van der Waals surface area contributed by atoms with Crippen LogP contribution in [0.2, 0.25) is 0 Å². The van der Waals surface area contributed by atoms with Crippen LogP contribution in [0.1, 0.15) is 24.2 Å². The smallest absolute Gasteiger partial charge is 0.475 e. The standard InChI is InChI=1S/C19H23N3O2.2C2HF3O2/c1-3-9-20-15(5-1)13-22-11-12-23-19-17(22)7-8-18(19)24-14-16-6-2-4-10-21-16;2*3-2(4,5)1(6)7/h1-6,9-10,17-19H,7-8,11-14H2;2*(H,6,7)/t17-,18+,19+;;/m0../s1. The Labute approximate surface area is 213 Å². The molecular weight excluding hydrogens is 528 g/mol. The van der Waals surface area contributed by atoms with Gasteiger partial charge in [-0.1, -0.05) is 12.1 Å². The van der Waals surface area contributed by atoms with Gasteiger partial charge in [0.25, 0.3) is 0 Å². The molecule has 4 rings (SSSR count). The summed E-state index contributed by atoms with van der Waals surface area (Å²) in [6, 6.07) is 12.4. The highest BCUT2D eigenvalue weighted by atomic mass is 19.4. The van der Waals surface area contributed by atoms with Crippen LogP contribution in [-0.2, 0) is 32.2 Å². The zero-order chi connectivity index (χ0) is 28.3. The highest BCUT2D eigenvalue weighted by Gasteiger charge is 2.43. The van der Waals surface area contributed by atoms with E-state index in [4.69, 9.17) is 29.3 Å². The Balaban J connectivity index is 0.000000301. The van der Waals surface area contributed by atoms with Gasteiger partial charge in [-0.25, -0.2) is 9.59 Å². The fourth-order valence-corrected chi connectivity index (χ4v) is 3.74. The van der Waals surface area contributed by atoms with Gasteiger partial charge in [-0.3, -0.25) is 14.9 Å². The zero-order valence-electron chi connectivity index (χ0n) is 19.7. The van der Waals surface area contributed by atoms with Gasteiger partial charge >= 0.3 is 24.3 Å². The topological polar surface area (TPSA) is 122 Å². The van der Waals surface area contributed by atoms with Crippen LogP contribution in [0.15, 0.2) is 48.8 Å². The average molecular weight is 553 g/mol. The average Bonchev–Trinajstić information content (AvgIpc) is 3.28. The van der Waals surface area contributed by atoms with Crippen molar-refractivity contribution in [2.24, 2.45) is 0 Å². The summed E-state index contributed by atoms with van der Waals surface area (Å²) in [4.78, 5) is 29.1. The number of hydrogen-bond acceptors (Lipinski definition) is 7. The van der Waals surface area contributed by atoms with Crippen LogP contribution in [0, 0.1) is 0 Å². The number of pyridine rings is 2. The number of morpholine rings is 1. The molecule has 0 unspecified atom stereocenters. The van der Waals surface area contributed by atoms with E-state index in [1.54, 1.807) is 0 Å². The Morgan fingerprint density at radius 3 is 1.92 bits per heavy atom. The molecule has 2 aromatic rings. The van der Waals surface area contributed by atoms with Gasteiger partial charge in [0.15, 0.2) is 0 Å². The highest BCUT2D eigenvalue weighted by molar-refractivity contribution is 5.73. The first-order chi connectivity index (χ1) is 17.8. The number of rotatable bonds is 5. The number of halogens is 6. The van der Waals surface area contributed by atoms with Crippen LogP contribution >= 0.6 is 0 Å². The third-order valence-corrected chi connectivity index (χ3v) is 5.40. The Kier molecular flexibility index (Phi) is 11.4. The molecule has 1 saturated heterocycles. The number of aromatic nitrogens is 2. The van der Waals surface area contributed by atoms with Crippen LogP contribution in [0.5, 0.6) is 0 Å². The molecule has 2 N–H and O–H groups in total. The number of carbonyl (C=O) groups is 2. The van der Waals surface area contributed by atoms with Gasteiger partial charge < -0.3 is 19.7 Å². The zero-order valence-corrected chi connectivity index (χ0v) is 19.7. The number of carboxylic acids is 2. The second-order valence-corrected chi connectivity index (χ2v) is 8.05. The Morgan fingerprint density at radius 2 is 1.45 bits per heavy atom. The lowest BCUT2D eigenvalue weighted by molar-refractivity contribution is -0.193. The second-order valence-electron chi connectivity index (χ2n) is 8.05. The fourth-order valence-electron chi connectivity index (χ4n) is 3.74. The van der Waals surface area contributed by atoms with Gasteiger partial charge in [0.1, 0.15) is 0 Å². The second kappa shape index (κ2) is 14.0. The van der Waals surface area contributed by atoms with E-state index >= 15 is 0 Å². The van der Waals surface area contributed by atoms with Crippen LogP contribution in [0.4, 0.5) is 26.3 Å². The van der Waals surface area contributed by atoms with Crippen molar-refractivity contribution in [2.75, 3.05) is 13.2 Å². The van der Waals surface area contributed by atoms with E-state index in [0.717, 1.165) is 43.9 Å². The van der Waals surface area contributed by atoms with Crippen molar-refractivity contribution in [1.82, 2.24) is 14.9 Å². The van der Waals surface area contributed by atoms with Crippen molar-refractivity contribution in [3.05, 3.63) is 60.2 Å². The summed E-state index contributed by atoms with van der Waals surface area (Å²) in [5.74, 6) is -5.51. The van der Waals surface area contributed by atoms with E-state index in [0.29, 0.717) is 12.6 Å².